The molecule has 1 aromatic carbocycles. The van der Waals surface area contributed by atoms with Gasteiger partial charge in [-0.25, -0.2) is 4.79 Å². The van der Waals surface area contributed by atoms with Gasteiger partial charge in [-0.3, -0.25) is 4.98 Å². The van der Waals surface area contributed by atoms with Crippen molar-refractivity contribution in [3.8, 4) is 0 Å². The number of hydrogen-bond donors (Lipinski definition) is 0. The number of pyridine rings is 1. The van der Waals surface area contributed by atoms with Crippen LogP contribution in [0.4, 0.5) is 0 Å². The monoisotopic (exact) mass is 241 g/mol. The van der Waals surface area contributed by atoms with Crippen molar-refractivity contribution in [2.45, 2.75) is 20.5 Å². The highest BCUT2D eigenvalue weighted by molar-refractivity contribution is 5.92. The minimum Gasteiger partial charge on any atom is -0.457 e. The molecule has 0 radical (unpaired) electrons. The van der Waals surface area contributed by atoms with E-state index >= 15 is 0 Å². The maximum absolute atomic E-state index is 12.0. The maximum atomic E-state index is 12.0. The fraction of sp³-hybridized carbons (Fsp3) is 0.200. The Bertz CT molecular complexity index is 529. The van der Waals surface area contributed by atoms with E-state index in [1.807, 2.05) is 50.2 Å². The largest absolute Gasteiger partial charge is 0.457 e. The first-order valence-electron chi connectivity index (χ1n) is 5.81. The Morgan fingerprint density at radius 3 is 2.56 bits per heavy atom. The lowest BCUT2D eigenvalue weighted by Crippen LogP contribution is -2.10. The van der Waals surface area contributed by atoms with Crippen molar-refractivity contribution in [1.29, 1.82) is 0 Å². The highest BCUT2D eigenvalue weighted by atomic mass is 16.5. The highest BCUT2D eigenvalue weighted by Crippen LogP contribution is 2.13. The summed E-state index contributed by atoms with van der Waals surface area (Å²) in [6.07, 6.45) is 1.69. The van der Waals surface area contributed by atoms with Crippen molar-refractivity contribution in [2.75, 3.05) is 0 Å². The molecular formula is C15H15NO2. The van der Waals surface area contributed by atoms with Crippen LogP contribution in [-0.2, 0) is 11.3 Å². The molecule has 0 atom stereocenters. The molecule has 0 N–H and O–H groups in total. The van der Waals surface area contributed by atoms with Crippen LogP contribution in [0.3, 0.4) is 0 Å². The Morgan fingerprint density at radius 1 is 1.17 bits per heavy atom. The molecule has 0 aliphatic heterocycles. The number of carbonyl (C=O) groups excluding carboxylic acids is 1. The number of aryl methyl sites for hydroxylation is 2. The molecule has 2 aromatic rings. The molecule has 0 aliphatic carbocycles. The molecule has 0 bridgehead atoms. The molecule has 0 saturated carbocycles. The van der Waals surface area contributed by atoms with Gasteiger partial charge in [0.15, 0.2) is 0 Å². The van der Waals surface area contributed by atoms with Crippen molar-refractivity contribution < 1.29 is 9.53 Å². The molecule has 1 aromatic heterocycles. The Hall–Kier alpha value is -2.16. The first-order chi connectivity index (χ1) is 8.68. The van der Waals surface area contributed by atoms with E-state index < -0.39 is 0 Å². The van der Waals surface area contributed by atoms with Gasteiger partial charge in [0.05, 0.1) is 11.3 Å². The van der Waals surface area contributed by atoms with Crippen LogP contribution in [0.1, 0.15) is 27.2 Å². The topological polar surface area (TPSA) is 39.2 Å². The van der Waals surface area contributed by atoms with Crippen molar-refractivity contribution in [1.82, 2.24) is 4.98 Å². The van der Waals surface area contributed by atoms with Gasteiger partial charge in [0.25, 0.3) is 0 Å². The molecule has 1 heterocycles. The van der Waals surface area contributed by atoms with Gasteiger partial charge in [-0.1, -0.05) is 30.3 Å². The third kappa shape index (κ3) is 2.74. The normalized spacial score (nSPS) is 10.1. The number of benzene rings is 1. The molecule has 18 heavy (non-hydrogen) atoms. The number of hydrogen-bond acceptors (Lipinski definition) is 3. The van der Waals surface area contributed by atoms with Crippen LogP contribution >= 0.6 is 0 Å². The minimum absolute atomic E-state index is 0.285. The summed E-state index contributed by atoms with van der Waals surface area (Å²) >= 11 is 0. The van der Waals surface area contributed by atoms with Gasteiger partial charge in [-0.15, -0.1) is 0 Å². The van der Waals surface area contributed by atoms with E-state index in [-0.39, 0.29) is 12.6 Å². The Morgan fingerprint density at radius 2 is 1.89 bits per heavy atom. The van der Waals surface area contributed by atoms with Gasteiger partial charge in [0.1, 0.15) is 6.61 Å². The van der Waals surface area contributed by atoms with Crippen LogP contribution in [-0.4, -0.2) is 11.0 Å². The molecule has 0 fully saturated rings. The molecule has 0 saturated heterocycles. The zero-order valence-corrected chi connectivity index (χ0v) is 10.5. The lowest BCUT2D eigenvalue weighted by atomic mass is 10.1. The van der Waals surface area contributed by atoms with E-state index in [1.165, 1.54) is 0 Å². The first-order valence-corrected chi connectivity index (χ1v) is 5.81. The van der Waals surface area contributed by atoms with Crippen molar-refractivity contribution in [3.05, 3.63) is 65.0 Å². The van der Waals surface area contributed by atoms with Crippen LogP contribution in [0.5, 0.6) is 0 Å². The number of ether oxygens (including phenoxy) is 1. The van der Waals surface area contributed by atoms with Crippen LogP contribution in [0, 0.1) is 13.8 Å². The highest BCUT2D eigenvalue weighted by Gasteiger charge is 2.14. The molecule has 0 spiro atoms. The van der Waals surface area contributed by atoms with Crippen LogP contribution in [0.15, 0.2) is 42.6 Å². The van der Waals surface area contributed by atoms with Crippen LogP contribution in [0.2, 0.25) is 0 Å². The van der Waals surface area contributed by atoms with E-state index in [9.17, 15) is 4.79 Å². The van der Waals surface area contributed by atoms with Crippen LogP contribution in [0.25, 0.3) is 0 Å². The number of rotatable bonds is 3. The number of nitrogens with zero attached hydrogens (tertiary/aromatic N) is 1. The van der Waals surface area contributed by atoms with E-state index in [4.69, 9.17) is 4.74 Å². The van der Waals surface area contributed by atoms with E-state index in [2.05, 4.69) is 4.98 Å². The SMILES string of the molecule is Cc1ccnc(C)c1C(=O)OCc1ccccc1. The van der Waals surface area contributed by atoms with Gasteiger partial charge in [-0.2, -0.15) is 0 Å². The Labute approximate surface area is 106 Å². The molecule has 2 rings (SSSR count). The quantitative estimate of drug-likeness (QED) is 0.775. The summed E-state index contributed by atoms with van der Waals surface area (Å²) in [7, 11) is 0. The second kappa shape index (κ2) is 5.45. The average Bonchev–Trinajstić information content (AvgIpc) is 2.37. The summed E-state index contributed by atoms with van der Waals surface area (Å²) in [5.74, 6) is -0.318. The van der Waals surface area contributed by atoms with Crippen molar-refractivity contribution in [3.63, 3.8) is 0 Å². The first kappa shape index (κ1) is 12.3. The molecule has 0 amide bonds. The second-order valence-corrected chi connectivity index (χ2v) is 4.15. The van der Waals surface area contributed by atoms with Gasteiger partial charge in [0, 0.05) is 6.20 Å². The Kier molecular flexibility index (Phi) is 3.72. The molecule has 0 unspecified atom stereocenters. The van der Waals surface area contributed by atoms with E-state index in [1.54, 1.807) is 6.20 Å². The fourth-order valence-electron chi connectivity index (χ4n) is 1.80. The van der Waals surface area contributed by atoms with E-state index in [0.717, 1.165) is 11.1 Å². The van der Waals surface area contributed by atoms with Crippen molar-refractivity contribution >= 4 is 5.97 Å². The molecule has 3 heteroatoms. The maximum Gasteiger partial charge on any atom is 0.340 e. The zero-order chi connectivity index (χ0) is 13.0. The molecule has 0 aliphatic rings. The summed E-state index contributed by atoms with van der Waals surface area (Å²) in [6.45, 7) is 3.98. The molecule has 92 valence electrons. The third-order valence-corrected chi connectivity index (χ3v) is 2.77. The smallest absolute Gasteiger partial charge is 0.340 e. The van der Waals surface area contributed by atoms with E-state index in [0.29, 0.717) is 11.3 Å². The summed E-state index contributed by atoms with van der Waals surface area (Å²) in [5.41, 5.74) is 3.13. The summed E-state index contributed by atoms with van der Waals surface area (Å²) in [4.78, 5) is 16.1. The predicted molar refractivity (Wildman–Crippen MR) is 69.3 cm³/mol. The van der Waals surface area contributed by atoms with Crippen LogP contribution < -0.4 is 0 Å². The third-order valence-electron chi connectivity index (χ3n) is 2.77. The molecule has 3 nitrogen and oxygen atoms in total. The predicted octanol–water partition coefficient (Wildman–Crippen LogP) is 3.06. The van der Waals surface area contributed by atoms with Gasteiger partial charge in [-0.05, 0) is 31.0 Å². The van der Waals surface area contributed by atoms with Gasteiger partial charge < -0.3 is 4.74 Å². The number of aromatic nitrogens is 1. The summed E-state index contributed by atoms with van der Waals surface area (Å²) in [6, 6.07) is 11.4. The summed E-state index contributed by atoms with van der Waals surface area (Å²) < 4.78 is 5.30. The minimum atomic E-state index is -0.318. The average molecular weight is 241 g/mol. The second-order valence-electron chi connectivity index (χ2n) is 4.15. The van der Waals surface area contributed by atoms with Crippen molar-refractivity contribution in [2.24, 2.45) is 0 Å². The summed E-state index contributed by atoms with van der Waals surface area (Å²) in [5, 5.41) is 0. The van der Waals surface area contributed by atoms with Gasteiger partial charge in [0.2, 0.25) is 0 Å². The lowest BCUT2D eigenvalue weighted by Gasteiger charge is -2.09. The fourth-order valence-corrected chi connectivity index (χ4v) is 1.80. The number of esters is 1. The molecular weight excluding hydrogens is 226 g/mol. The van der Waals surface area contributed by atoms with Gasteiger partial charge >= 0.3 is 5.97 Å². The lowest BCUT2D eigenvalue weighted by molar-refractivity contribution is 0.0470. The zero-order valence-electron chi connectivity index (χ0n) is 10.5. The Balaban J connectivity index is 2.09. The number of carbonyl (C=O) groups is 1. The standard InChI is InChI=1S/C15H15NO2/c1-11-8-9-16-12(2)14(11)15(17)18-10-13-6-4-3-5-7-13/h3-9H,10H2,1-2H3.